The molecular formula is C14H21ClN4O. The normalized spacial score (nSPS) is 17.7. The maximum absolute atomic E-state index is 12.2. The molecule has 0 aliphatic carbocycles. The summed E-state index contributed by atoms with van der Waals surface area (Å²) in [5, 5.41) is 3.28. The Bertz CT molecular complexity index is 474. The molecule has 5 nitrogen and oxygen atoms in total. The highest BCUT2D eigenvalue weighted by Crippen LogP contribution is 2.16. The number of halogens is 1. The molecule has 6 heteroatoms. The Morgan fingerprint density at radius 3 is 2.90 bits per heavy atom. The average molecular weight is 297 g/mol. The van der Waals surface area contributed by atoms with Crippen LogP contribution >= 0.6 is 11.6 Å². The first kappa shape index (κ1) is 15.1. The molecule has 20 heavy (non-hydrogen) atoms. The maximum Gasteiger partial charge on any atom is 0.253 e. The van der Waals surface area contributed by atoms with Crippen molar-refractivity contribution in [1.29, 1.82) is 0 Å². The van der Waals surface area contributed by atoms with Crippen molar-refractivity contribution in [2.45, 2.75) is 32.2 Å². The molecule has 1 aliphatic heterocycles. The number of hydrogen-bond donors (Lipinski definition) is 2. The zero-order chi connectivity index (χ0) is 14.5. The number of amides is 1. The topological polar surface area (TPSA) is 71.2 Å². The molecule has 1 aromatic rings. The average Bonchev–Trinajstić information content (AvgIpc) is 2.42. The fourth-order valence-corrected chi connectivity index (χ4v) is 2.69. The number of nitrogen functional groups attached to an aromatic ring is 1. The van der Waals surface area contributed by atoms with Gasteiger partial charge < -0.3 is 16.0 Å². The second kappa shape index (κ2) is 6.90. The Morgan fingerprint density at radius 1 is 1.50 bits per heavy atom. The number of nitrogens with two attached hydrogens (primary N) is 1. The Morgan fingerprint density at radius 2 is 2.20 bits per heavy atom. The number of anilines is 1. The third kappa shape index (κ3) is 4.08. The summed E-state index contributed by atoms with van der Waals surface area (Å²) in [5.41, 5.74) is 5.97. The van der Waals surface area contributed by atoms with E-state index in [1.165, 1.54) is 31.5 Å². The van der Waals surface area contributed by atoms with Crippen LogP contribution in [0.25, 0.3) is 0 Å². The standard InChI is InChI=1S/C14H21ClN4O/c1-10(9-19-5-3-2-4-6-19)18-14(20)11-7-13(16)17-8-12(11)15/h7-8,10H,2-6,9H2,1H3,(H2,16,17)(H,18,20). The summed E-state index contributed by atoms with van der Waals surface area (Å²) in [4.78, 5) is 18.4. The molecule has 0 radical (unpaired) electrons. The van der Waals surface area contributed by atoms with Gasteiger partial charge in [0.25, 0.3) is 5.91 Å². The van der Waals surface area contributed by atoms with Crippen LogP contribution in [0.3, 0.4) is 0 Å². The van der Waals surface area contributed by atoms with Gasteiger partial charge in [-0.15, -0.1) is 0 Å². The van der Waals surface area contributed by atoms with Crippen LogP contribution in [0.4, 0.5) is 5.82 Å². The third-order valence-electron chi connectivity index (χ3n) is 3.48. The van der Waals surface area contributed by atoms with Crippen LogP contribution in [0, 0.1) is 0 Å². The highest BCUT2D eigenvalue weighted by atomic mass is 35.5. The number of likely N-dealkylation sites (tertiary alicyclic amines) is 1. The van der Waals surface area contributed by atoms with Crippen molar-refractivity contribution < 1.29 is 4.79 Å². The first-order chi connectivity index (χ1) is 9.56. The minimum atomic E-state index is -0.200. The van der Waals surface area contributed by atoms with Crippen molar-refractivity contribution in [3.63, 3.8) is 0 Å². The number of nitrogens with zero attached hydrogens (tertiary/aromatic N) is 2. The molecule has 1 aliphatic rings. The quantitative estimate of drug-likeness (QED) is 0.890. The number of carbonyl (C=O) groups excluding carboxylic acids is 1. The Balaban J connectivity index is 1.91. The molecule has 1 saturated heterocycles. The van der Waals surface area contributed by atoms with Crippen LogP contribution in [-0.4, -0.2) is 41.5 Å². The number of piperidine rings is 1. The summed E-state index contributed by atoms with van der Waals surface area (Å²) in [7, 11) is 0. The monoisotopic (exact) mass is 296 g/mol. The molecule has 2 rings (SSSR count). The maximum atomic E-state index is 12.2. The van der Waals surface area contributed by atoms with Gasteiger partial charge in [-0.3, -0.25) is 4.79 Å². The Kier molecular flexibility index (Phi) is 5.20. The minimum Gasteiger partial charge on any atom is -0.384 e. The van der Waals surface area contributed by atoms with Crippen molar-refractivity contribution in [2.75, 3.05) is 25.4 Å². The van der Waals surface area contributed by atoms with E-state index in [1.54, 1.807) is 0 Å². The van der Waals surface area contributed by atoms with E-state index in [4.69, 9.17) is 17.3 Å². The lowest BCUT2D eigenvalue weighted by molar-refractivity contribution is 0.0926. The minimum absolute atomic E-state index is 0.0751. The van der Waals surface area contributed by atoms with E-state index < -0.39 is 0 Å². The molecule has 0 spiro atoms. The van der Waals surface area contributed by atoms with Gasteiger partial charge in [0.1, 0.15) is 5.82 Å². The number of hydrogen-bond acceptors (Lipinski definition) is 4. The van der Waals surface area contributed by atoms with E-state index in [9.17, 15) is 4.79 Å². The molecule has 0 aromatic carbocycles. The SMILES string of the molecule is CC(CN1CCCCC1)NC(=O)c1cc(N)ncc1Cl. The Labute approximate surface area is 124 Å². The highest BCUT2D eigenvalue weighted by Gasteiger charge is 2.17. The van der Waals surface area contributed by atoms with Crippen molar-refractivity contribution in [3.8, 4) is 0 Å². The largest absolute Gasteiger partial charge is 0.384 e. The Hall–Kier alpha value is -1.33. The molecule has 1 aromatic heterocycles. The van der Waals surface area contributed by atoms with Crippen molar-refractivity contribution >= 4 is 23.3 Å². The number of aromatic nitrogens is 1. The van der Waals surface area contributed by atoms with E-state index in [2.05, 4.69) is 15.2 Å². The molecule has 0 saturated carbocycles. The van der Waals surface area contributed by atoms with Crippen LogP contribution in [0.5, 0.6) is 0 Å². The van der Waals surface area contributed by atoms with E-state index in [0.717, 1.165) is 19.6 Å². The van der Waals surface area contributed by atoms with Gasteiger partial charge in [0.15, 0.2) is 0 Å². The lowest BCUT2D eigenvalue weighted by Crippen LogP contribution is -2.43. The summed E-state index contributed by atoms with van der Waals surface area (Å²) >= 11 is 5.98. The number of rotatable bonds is 4. The molecule has 1 amide bonds. The molecule has 1 fully saturated rings. The van der Waals surface area contributed by atoms with Crippen molar-refractivity contribution in [1.82, 2.24) is 15.2 Å². The lowest BCUT2D eigenvalue weighted by Gasteiger charge is -2.29. The van der Waals surface area contributed by atoms with Crippen LogP contribution in [0.1, 0.15) is 36.5 Å². The predicted molar refractivity (Wildman–Crippen MR) is 80.9 cm³/mol. The zero-order valence-corrected chi connectivity index (χ0v) is 12.5. The summed E-state index contributed by atoms with van der Waals surface area (Å²) in [6, 6.07) is 1.58. The molecule has 3 N–H and O–H groups in total. The fraction of sp³-hybridized carbons (Fsp3) is 0.571. The van der Waals surface area contributed by atoms with Gasteiger partial charge >= 0.3 is 0 Å². The fourth-order valence-electron chi connectivity index (χ4n) is 2.51. The predicted octanol–water partition coefficient (Wildman–Crippen LogP) is 1.92. The summed E-state index contributed by atoms with van der Waals surface area (Å²) in [6.45, 7) is 5.10. The van der Waals surface area contributed by atoms with Crippen molar-refractivity contribution in [3.05, 3.63) is 22.8 Å². The van der Waals surface area contributed by atoms with Gasteiger partial charge in [0, 0.05) is 18.8 Å². The number of carbonyl (C=O) groups is 1. The third-order valence-corrected chi connectivity index (χ3v) is 3.78. The van der Waals surface area contributed by atoms with Gasteiger partial charge in [-0.05, 0) is 38.9 Å². The first-order valence-electron chi connectivity index (χ1n) is 7.00. The zero-order valence-electron chi connectivity index (χ0n) is 11.7. The number of pyridine rings is 1. The van der Waals surface area contributed by atoms with Crippen LogP contribution in [0.15, 0.2) is 12.3 Å². The van der Waals surface area contributed by atoms with E-state index in [0.29, 0.717) is 16.4 Å². The van der Waals surface area contributed by atoms with Crippen molar-refractivity contribution in [2.24, 2.45) is 0 Å². The molecule has 0 bridgehead atoms. The highest BCUT2D eigenvalue weighted by molar-refractivity contribution is 6.33. The van der Waals surface area contributed by atoms with E-state index in [-0.39, 0.29) is 11.9 Å². The van der Waals surface area contributed by atoms with Crippen LogP contribution in [-0.2, 0) is 0 Å². The van der Waals surface area contributed by atoms with Crippen LogP contribution < -0.4 is 11.1 Å². The number of nitrogens with one attached hydrogen (secondary N) is 1. The molecule has 110 valence electrons. The van der Waals surface area contributed by atoms with Gasteiger partial charge in [-0.1, -0.05) is 18.0 Å². The summed E-state index contributed by atoms with van der Waals surface area (Å²) in [6.07, 6.45) is 5.20. The van der Waals surface area contributed by atoms with Gasteiger partial charge in [0.2, 0.25) is 0 Å². The van der Waals surface area contributed by atoms with Gasteiger partial charge in [-0.25, -0.2) is 4.98 Å². The van der Waals surface area contributed by atoms with Gasteiger partial charge in [0.05, 0.1) is 10.6 Å². The summed E-state index contributed by atoms with van der Waals surface area (Å²) < 4.78 is 0. The molecular weight excluding hydrogens is 276 g/mol. The lowest BCUT2D eigenvalue weighted by atomic mass is 10.1. The smallest absolute Gasteiger partial charge is 0.253 e. The molecule has 1 atom stereocenters. The molecule has 2 heterocycles. The van der Waals surface area contributed by atoms with E-state index >= 15 is 0 Å². The van der Waals surface area contributed by atoms with Crippen LogP contribution in [0.2, 0.25) is 5.02 Å². The molecule has 1 unspecified atom stereocenters. The second-order valence-corrected chi connectivity index (χ2v) is 5.73. The first-order valence-corrected chi connectivity index (χ1v) is 7.38. The van der Waals surface area contributed by atoms with E-state index in [1.807, 2.05) is 6.92 Å². The summed E-state index contributed by atoms with van der Waals surface area (Å²) in [5.74, 6) is 0.0943. The van der Waals surface area contributed by atoms with Gasteiger partial charge in [-0.2, -0.15) is 0 Å². The second-order valence-electron chi connectivity index (χ2n) is 5.32.